The second kappa shape index (κ2) is 6.73. The summed E-state index contributed by atoms with van der Waals surface area (Å²) in [6.07, 6.45) is 2.40. The third kappa shape index (κ3) is 3.36. The average molecular weight is 305 g/mol. The van der Waals surface area contributed by atoms with Gasteiger partial charge in [-0.3, -0.25) is 4.90 Å². The molecule has 3 heterocycles. The molecule has 2 aromatic rings. The molecule has 4 nitrogen and oxygen atoms in total. The minimum absolute atomic E-state index is 0.631. The fourth-order valence-corrected chi connectivity index (χ4v) is 3.55. The predicted octanol–water partition coefficient (Wildman–Crippen LogP) is 3.29. The molecule has 1 aliphatic rings. The number of hydrogen-bond acceptors (Lipinski definition) is 5. The second-order valence-corrected chi connectivity index (χ2v) is 6.56. The first-order valence-electron chi connectivity index (χ1n) is 7.73. The highest BCUT2D eigenvalue weighted by Crippen LogP contribution is 2.27. The Bertz CT molecular complexity index is 558. The molecule has 1 unspecified atom stereocenters. The molecule has 1 fully saturated rings. The molecule has 0 saturated carbocycles. The molecule has 21 heavy (non-hydrogen) atoms. The van der Waals surface area contributed by atoms with Crippen molar-refractivity contribution in [2.24, 2.45) is 0 Å². The summed E-state index contributed by atoms with van der Waals surface area (Å²) in [4.78, 5) is 8.38. The molecule has 0 spiro atoms. The normalized spacial score (nSPS) is 18.7. The van der Waals surface area contributed by atoms with Crippen molar-refractivity contribution in [2.45, 2.75) is 39.3 Å². The van der Waals surface area contributed by atoms with Gasteiger partial charge in [0.05, 0.1) is 10.6 Å². The molecule has 1 aliphatic heterocycles. The van der Waals surface area contributed by atoms with Crippen LogP contribution in [0.2, 0.25) is 0 Å². The van der Waals surface area contributed by atoms with Crippen LogP contribution in [0.4, 0.5) is 0 Å². The van der Waals surface area contributed by atoms with Crippen molar-refractivity contribution in [2.75, 3.05) is 19.6 Å². The van der Waals surface area contributed by atoms with E-state index in [9.17, 15) is 0 Å². The number of thiophene rings is 1. The van der Waals surface area contributed by atoms with Crippen LogP contribution in [0.3, 0.4) is 0 Å². The van der Waals surface area contributed by atoms with E-state index in [1.165, 1.54) is 12.8 Å². The Kier molecular flexibility index (Phi) is 4.73. The Hall–Kier alpha value is -1.17. The zero-order valence-corrected chi connectivity index (χ0v) is 13.6. The summed E-state index contributed by atoms with van der Waals surface area (Å²) in [5, 5.41) is 5.51. The van der Waals surface area contributed by atoms with Crippen LogP contribution in [-0.4, -0.2) is 35.6 Å². The molecule has 1 atom stereocenters. The van der Waals surface area contributed by atoms with Crippen LogP contribution in [0, 0.1) is 6.92 Å². The van der Waals surface area contributed by atoms with Gasteiger partial charge in [-0.15, -0.1) is 11.3 Å². The van der Waals surface area contributed by atoms with Crippen LogP contribution < -0.4 is 5.32 Å². The molecule has 1 N–H and O–H groups in total. The van der Waals surface area contributed by atoms with E-state index in [0.29, 0.717) is 6.04 Å². The number of hydrogen-bond donors (Lipinski definition) is 1. The van der Waals surface area contributed by atoms with E-state index < -0.39 is 0 Å². The van der Waals surface area contributed by atoms with E-state index in [4.69, 9.17) is 9.40 Å². The molecule has 0 amide bonds. The van der Waals surface area contributed by atoms with Gasteiger partial charge in [-0.1, -0.05) is 13.0 Å². The number of aromatic nitrogens is 1. The molecule has 114 valence electrons. The van der Waals surface area contributed by atoms with Gasteiger partial charge < -0.3 is 9.73 Å². The first-order valence-corrected chi connectivity index (χ1v) is 8.61. The summed E-state index contributed by atoms with van der Waals surface area (Å²) in [5.41, 5.74) is 1.08. The zero-order chi connectivity index (χ0) is 14.7. The first kappa shape index (κ1) is 14.8. The van der Waals surface area contributed by atoms with Gasteiger partial charge in [0.15, 0.2) is 0 Å². The molecule has 3 rings (SSSR count). The zero-order valence-electron chi connectivity index (χ0n) is 12.8. The quantitative estimate of drug-likeness (QED) is 0.889. The van der Waals surface area contributed by atoms with Crippen molar-refractivity contribution in [3.05, 3.63) is 29.0 Å². The Labute approximate surface area is 130 Å². The maximum absolute atomic E-state index is 5.86. The molecular weight excluding hydrogens is 282 g/mol. The van der Waals surface area contributed by atoms with Gasteiger partial charge in [-0.2, -0.15) is 0 Å². The van der Waals surface area contributed by atoms with E-state index in [1.54, 1.807) is 11.3 Å². The van der Waals surface area contributed by atoms with Crippen molar-refractivity contribution >= 4 is 11.3 Å². The predicted molar refractivity (Wildman–Crippen MR) is 86.5 cm³/mol. The standard InChI is InChI=1S/C16H23N3OS/c1-3-8-19(13-6-7-17-10-13)11-14-12(2)20-16(18-14)15-5-4-9-21-15/h4-5,9,13,17H,3,6-8,10-11H2,1-2H3. The van der Waals surface area contributed by atoms with Gasteiger partial charge in [0, 0.05) is 19.1 Å². The highest BCUT2D eigenvalue weighted by Gasteiger charge is 2.24. The maximum Gasteiger partial charge on any atom is 0.236 e. The molecule has 0 bridgehead atoms. The van der Waals surface area contributed by atoms with Crippen molar-refractivity contribution in [1.29, 1.82) is 0 Å². The van der Waals surface area contributed by atoms with Crippen LogP contribution >= 0.6 is 11.3 Å². The molecule has 5 heteroatoms. The molecule has 0 aromatic carbocycles. The van der Waals surface area contributed by atoms with Crippen LogP contribution in [0.15, 0.2) is 21.9 Å². The lowest BCUT2D eigenvalue weighted by Crippen LogP contribution is -2.37. The van der Waals surface area contributed by atoms with Crippen molar-refractivity contribution < 1.29 is 4.42 Å². The van der Waals surface area contributed by atoms with Gasteiger partial charge in [-0.25, -0.2) is 4.98 Å². The summed E-state index contributed by atoms with van der Waals surface area (Å²) >= 11 is 1.67. The number of oxazole rings is 1. The second-order valence-electron chi connectivity index (χ2n) is 5.62. The van der Waals surface area contributed by atoms with Gasteiger partial charge >= 0.3 is 0 Å². The van der Waals surface area contributed by atoms with E-state index in [1.807, 2.05) is 13.0 Å². The third-order valence-electron chi connectivity index (χ3n) is 4.04. The molecular formula is C16H23N3OS. The Morgan fingerprint density at radius 3 is 3.10 bits per heavy atom. The van der Waals surface area contributed by atoms with Crippen molar-refractivity contribution in [1.82, 2.24) is 15.2 Å². The Morgan fingerprint density at radius 1 is 1.52 bits per heavy atom. The number of rotatable bonds is 6. The van der Waals surface area contributed by atoms with Gasteiger partial charge in [-0.05, 0) is 44.3 Å². The fourth-order valence-electron chi connectivity index (χ4n) is 2.90. The van der Waals surface area contributed by atoms with Crippen LogP contribution in [0.25, 0.3) is 10.8 Å². The Balaban J connectivity index is 1.76. The number of nitrogens with zero attached hydrogens (tertiary/aromatic N) is 2. The lowest BCUT2D eigenvalue weighted by molar-refractivity contribution is 0.196. The van der Waals surface area contributed by atoms with E-state index >= 15 is 0 Å². The molecule has 2 aromatic heterocycles. The third-order valence-corrected chi connectivity index (χ3v) is 4.90. The van der Waals surface area contributed by atoms with Crippen LogP contribution in [-0.2, 0) is 6.54 Å². The highest BCUT2D eigenvalue weighted by molar-refractivity contribution is 7.13. The molecule has 1 saturated heterocycles. The van der Waals surface area contributed by atoms with Gasteiger partial charge in [0.1, 0.15) is 5.76 Å². The minimum Gasteiger partial charge on any atom is -0.440 e. The topological polar surface area (TPSA) is 41.3 Å². The van der Waals surface area contributed by atoms with Crippen LogP contribution in [0.5, 0.6) is 0 Å². The monoisotopic (exact) mass is 305 g/mol. The van der Waals surface area contributed by atoms with Gasteiger partial charge in [0.25, 0.3) is 0 Å². The van der Waals surface area contributed by atoms with E-state index in [-0.39, 0.29) is 0 Å². The highest BCUT2D eigenvalue weighted by atomic mass is 32.1. The SMILES string of the molecule is CCCN(Cc1nc(-c2cccs2)oc1C)C1CCNC1. The van der Waals surface area contributed by atoms with E-state index in [2.05, 4.69) is 28.6 Å². The van der Waals surface area contributed by atoms with E-state index in [0.717, 1.165) is 48.4 Å². The summed E-state index contributed by atoms with van der Waals surface area (Å²) in [5.74, 6) is 1.71. The summed E-state index contributed by atoms with van der Waals surface area (Å²) < 4.78 is 5.86. The minimum atomic E-state index is 0.631. The van der Waals surface area contributed by atoms with Crippen molar-refractivity contribution in [3.63, 3.8) is 0 Å². The largest absolute Gasteiger partial charge is 0.440 e. The van der Waals surface area contributed by atoms with Crippen molar-refractivity contribution in [3.8, 4) is 10.8 Å². The summed E-state index contributed by atoms with van der Waals surface area (Å²) in [6.45, 7) is 8.49. The average Bonchev–Trinajstić information content (AvgIpc) is 3.20. The summed E-state index contributed by atoms with van der Waals surface area (Å²) in [6, 6.07) is 4.73. The Morgan fingerprint density at radius 2 is 2.43 bits per heavy atom. The maximum atomic E-state index is 5.86. The van der Waals surface area contributed by atoms with Crippen LogP contribution in [0.1, 0.15) is 31.2 Å². The summed E-state index contributed by atoms with van der Waals surface area (Å²) in [7, 11) is 0. The number of aryl methyl sites for hydroxylation is 1. The smallest absolute Gasteiger partial charge is 0.236 e. The van der Waals surface area contributed by atoms with Gasteiger partial charge in [0.2, 0.25) is 5.89 Å². The molecule has 0 radical (unpaired) electrons. The lowest BCUT2D eigenvalue weighted by atomic mass is 10.2. The molecule has 0 aliphatic carbocycles. The first-order chi connectivity index (χ1) is 10.3. The lowest BCUT2D eigenvalue weighted by Gasteiger charge is -2.27. The fraction of sp³-hybridized carbons (Fsp3) is 0.562. The number of nitrogens with one attached hydrogen (secondary N) is 1.